The van der Waals surface area contributed by atoms with E-state index in [-0.39, 0.29) is 22.0 Å². The molecule has 2 saturated carbocycles. The predicted octanol–water partition coefficient (Wildman–Crippen LogP) is 4.38. The third-order valence-electron chi connectivity index (χ3n) is 6.34. The molecule has 158 valence electrons. The quantitative estimate of drug-likeness (QED) is 0.468. The first-order chi connectivity index (χ1) is 13.7. The zero-order chi connectivity index (χ0) is 21.1. The molecule has 2 aliphatic carbocycles. The Balaban J connectivity index is 1.72. The molecule has 0 spiro atoms. The van der Waals surface area contributed by atoms with Crippen LogP contribution in [0.2, 0.25) is 0 Å². The van der Waals surface area contributed by atoms with E-state index < -0.39 is 41.2 Å². The summed E-state index contributed by atoms with van der Waals surface area (Å²) in [5, 5.41) is 0. The van der Waals surface area contributed by atoms with Crippen LogP contribution in [0.25, 0.3) is 0 Å². The van der Waals surface area contributed by atoms with E-state index in [9.17, 15) is 22.8 Å². The van der Waals surface area contributed by atoms with Crippen molar-refractivity contribution in [1.29, 1.82) is 0 Å². The van der Waals surface area contributed by atoms with E-state index in [0.717, 1.165) is 11.0 Å². The average Bonchev–Trinajstić information content (AvgIpc) is 3.21. The number of imide groups is 1. The molecule has 9 heteroatoms. The zero-order valence-electron chi connectivity index (χ0n) is 16.0. The van der Waals surface area contributed by atoms with Gasteiger partial charge >= 0.3 is 6.18 Å². The van der Waals surface area contributed by atoms with Gasteiger partial charge in [0.1, 0.15) is 0 Å². The minimum absolute atomic E-state index is 0.0530. The molecule has 2 bridgehead atoms. The van der Waals surface area contributed by atoms with Crippen LogP contribution in [-0.2, 0) is 25.2 Å². The van der Waals surface area contributed by atoms with Crippen LogP contribution >= 0.6 is 15.9 Å². The summed E-state index contributed by atoms with van der Waals surface area (Å²) >= 11 is 2.89. The maximum Gasteiger partial charge on any atom is 0.417 e. The topological polar surface area (TPSA) is 55.8 Å². The molecule has 3 aliphatic rings. The molecule has 2 amide bonds. The van der Waals surface area contributed by atoms with Gasteiger partial charge in [-0.05, 0) is 44.9 Å². The van der Waals surface area contributed by atoms with E-state index in [0.29, 0.717) is 26.1 Å². The molecule has 4 atom stereocenters. The van der Waals surface area contributed by atoms with Crippen LogP contribution in [-0.4, -0.2) is 30.8 Å². The van der Waals surface area contributed by atoms with E-state index in [4.69, 9.17) is 9.47 Å². The summed E-state index contributed by atoms with van der Waals surface area (Å²) in [4.78, 5) is 27.4. The van der Waals surface area contributed by atoms with Crippen LogP contribution in [0, 0.1) is 23.7 Å². The van der Waals surface area contributed by atoms with E-state index >= 15 is 0 Å². The largest absolute Gasteiger partial charge is 0.417 e. The average molecular weight is 476 g/mol. The number of carbonyl (C=O) groups is 2. The minimum atomic E-state index is -4.60. The van der Waals surface area contributed by atoms with E-state index in [1.54, 1.807) is 0 Å². The minimum Gasteiger partial charge on any atom is -0.350 e. The Hall–Kier alpha value is -1.45. The Morgan fingerprint density at radius 1 is 1.07 bits per heavy atom. The highest BCUT2D eigenvalue weighted by atomic mass is 79.9. The van der Waals surface area contributed by atoms with Gasteiger partial charge in [-0.25, -0.2) is 0 Å². The molecule has 1 heterocycles. The van der Waals surface area contributed by atoms with Crippen molar-refractivity contribution < 1.29 is 32.2 Å². The van der Waals surface area contributed by atoms with Gasteiger partial charge in [-0.1, -0.05) is 15.9 Å². The molecule has 3 unspecified atom stereocenters. The molecular formula is C20H21BrF3NO4. The highest BCUT2D eigenvalue weighted by Gasteiger charge is 2.73. The fraction of sp³-hybridized carbons (Fsp3) is 0.600. The predicted molar refractivity (Wildman–Crippen MR) is 101 cm³/mol. The highest BCUT2D eigenvalue weighted by molar-refractivity contribution is 9.10. The van der Waals surface area contributed by atoms with Crippen molar-refractivity contribution in [2.75, 3.05) is 18.1 Å². The van der Waals surface area contributed by atoms with Crippen molar-refractivity contribution in [2.24, 2.45) is 23.7 Å². The number of rotatable bonds is 5. The molecule has 0 N–H and O–H groups in total. The van der Waals surface area contributed by atoms with Gasteiger partial charge in [-0.2, -0.15) is 13.2 Å². The second-order valence-electron chi connectivity index (χ2n) is 7.60. The first kappa shape index (κ1) is 20.8. The zero-order valence-corrected chi connectivity index (χ0v) is 17.5. The fourth-order valence-corrected chi connectivity index (χ4v) is 5.97. The number of carbonyl (C=O) groups excluding carboxylic acids is 2. The van der Waals surface area contributed by atoms with Gasteiger partial charge in [0.25, 0.3) is 0 Å². The number of benzene rings is 1. The fourth-order valence-electron chi connectivity index (χ4n) is 5.50. The second kappa shape index (κ2) is 7.06. The number of anilines is 1. The molecule has 0 aromatic heterocycles. The SMILES string of the molecule is CCOC1(OCC)C2CCC1[C@H]1C(=O)N(c3ccc(Br)c(C(F)(F)F)c3)C(=O)C21. The van der Waals surface area contributed by atoms with Crippen LogP contribution in [0.1, 0.15) is 32.3 Å². The normalized spacial score (nSPS) is 30.3. The van der Waals surface area contributed by atoms with Gasteiger partial charge in [0.2, 0.25) is 11.8 Å². The summed E-state index contributed by atoms with van der Waals surface area (Å²) in [6.07, 6.45) is -3.23. The lowest BCUT2D eigenvalue weighted by molar-refractivity contribution is -0.263. The monoisotopic (exact) mass is 475 g/mol. The summed E-state index contributed by atoms with van der Waals surface area (Å²) in [6, 6.07) is 3.42. The molecule has 0 radical (unpaired) electrons. The van der Waals surface area contributed by atoms with Crippen molar-refractivity contribution in [3.63, 3.8) is 0 Å². The van der Waals surface area contributed by atoms with Gasteiger partial charge in [-0.15, -0.1) is 0 Å². The maximum absolute atomic E-state index is 13.3. The Morgan fingerprint density at radius 2 is 1.59 bits per heavy atom. The highest BCUT2D eigenvalue weighted by Crippen LogP contribution is 2.63. The molecule has 5 nitrogen and oxygen atoms in total. The molecule has 29 heavy (non-hydrogen) atoms. The van der Waals surface area contributed by atoms with Gasteiger partial charge in [-0.3, -0.25) is 14.5 Å². The van der Waals surface area contributed by atoms with Crippen molar-refractivity contribution in [2.45, 2.75) is 38.7 Å². The number of alkyl halides is 3. The first-order valence-corrected chi connectivity index (χ1v) is 10.5. The van der Waals surface area contributed by atoms with Crippen LogP contribution in [0.5, 0.6) is 0 Å². The van der Waals surface area contributed by atoms with Gasteiger partial charge in [0.15, 0.2) is 5.79 Å². The lowest BCUT2D eigenvalue weighted by Crippen LogP contribution is -2.46. The Morgan fingerprint density at radius 3 is 2.03 bits per heavy atom. The molecule has 1 aromatic rings. The third kappa shape index (κ3) is 2.88. The first-order valence-electron chi connectivity index (χ1n) is 9.69. The van der Waals surface area contributed by atoms with Gasteiger partial charge in [0, 0.05) is 29.5 Å². The number of amides is 2. The molecule has 1 aromatic carbocycles. The standard InChI is InChI=1S/C20H21BrF3NO4/c1-3-28-19(29-4-2)11-6-7-12(19)16-15(11)17(26)25(18(16)27)10-5-8-14(21)13(9-10)20(22,23)24/h5,8-9,11-12,15-16H,3-4,6-7H2,1-2H3/t11?,12?,15-,16?/m1/s1. The maximum atomic E-state index is 13.3. The lowest BCUT2D eigenvalue weighted by Gasteiger charge is -2.35. The van der Waals surface area contributed by atoms with Crippen LogP contribution < -0.4 is 4.90 Å². The Bertz CT molecular complexity index is 821. The molecule has 3 fully saturated rings. The van der Waals surface area contributed by atoms with E-state index in [2.05, 4.69) is 15.9 Å². The Kier molecular flexibility index (Phi) is 5.07. The number of fused-ring (bicyclic) bond motifs is 5. The van der Waals surface area contributed by atoms with Crippen LogP contribution in [0.15, 0.2) is 22.7 Å². The van der Waals surface area contributed by atoms with Crippen molar-refractivity contribution in [1.82, 2.24) is 0 Å². The number of hydrogen-bond donors (Lipinski definition) is 0. The van der Waals surface area contributed by atoms with Crippen molar-refractivity contribution in [3.8, 4) is 0 Å². The molecule has 1 saturated heterocycles. The smallest absolute Gasteiger partial charge is 0.350 e. The summed E-state index contributed by atoms with van der Waals surface area (Å²) < 4.78 is 51.7. The summed E-state index contributed by atoms with van der Waals surface area (Å²) in [5.74, 6) is -3.71. The number of ether oxygens (including phenoxy) is 2. The molecule has 4 rings (SSSR count). The van der Waals surface area contributed by atoms with Crippen molar-refractivity contribution in [3.05, 3.63) is 28.2 Å². The van der Waals surface area contributed by atoms with Crippen LogP contribution in [0.3, 0.4) is 0 Å². The number of hydrogen-bond acceptors (Lipinski definition) is 4. The van der Waals surface area contributed by atoms with Gasteiger partial charge in [0.05, 0.1) is 23.1 Å². The van der Waals surface area contributed by atoms with E-state index in [1.165, 1.54) is 12.1 Å². The third-order valence-corrected chi connectivity index (χ3v) is 7.03. The van der Waals surface area contributed by atoms with Crippen molar-refractivity contribution >= 4 is 33.4 Å². The molecule has 1 aliphatic heterocycles. The summed E-state index contributed by atoms with van der Waals surface area (Å²) in [7, 11) is 0. The second-order valence-corrected chi connectivity index (χ2v) is 8.46. The van der Waals surface area contributed by atoms with Crippen LogP contribution in [0.4, 0.5) is 18.9 Å². The summed E-state index contributed by atoms with van der Waals surface area (Å²) in [6.45, 7) is 4.45. The lowest BCUT2D eigenvalue weighted by atomic mass is 9.81. The van der Waals surface area contributed by atoms with E-state index in [1.807, 2.05) is 13.8 Å². The number of halogens is 4. The molecular weight excluding hydrogens is 455 g/mol. The van der Waals surface area contributed by atoms with Gasteiger partial charge < -0.3 is 9.47 Å². The summed E-state index contributed by atoms with van der Waals surface area (Å²) in [5.41, 5.74) is -0.976. The Labute approximate surface area is 174 Å². The number of nitrogens with zero attached hydrogens (tertiary/aromatic N) is 1.